The molecule has 0 bridgehead atoms. The zero-order valence-corrected chi connectivity index (χ0v) is 14.8. The lowest BCUT2D eigenvalue weighted by Gasteiger charge is -2.11. The molecule has 2 heterocycles. The molecule has 0 radical (unpaired) electrons. The highest BCUT2D eigenvalue weighted by Gasteiger charge is 2.16. The average Bonchev–Trinajstić information content (AvgIpc) is 3.01. The predicted molar refractivity (Wildman–Crippen MR) is 99.2 cm³/mol. The quantitative estimate of drug-likeness (QED) is 0.360. The number of hydrogen-bond acceptors (Lipinski definition) is 5. The van der Waals surface area contributed by atoms with Gasteiger partial charge in [-0.25, -0.2) is 0 Å². The van der Waals surface area contributed by atoms with Crippen molar-refractivity contribution in [2.24, 2.45) is 5.92 Å². The maximum atomic E-state index is 12.3. The lowest BCUT2D eigenvalue weighted by atomic mass is 10.1. The Morgan fingerprint density at radius 1 is 1.38 bits per heavy atom. The molecule has 7 heteroatoms. The molecule has 3 aromatic rings. The van der Waals surface area contributed by atoms with Crippen LogP contribution < -0.4 is 10.7 Å². The van der Waals surface area contributed by atoms with E-state index in [1.54, 1.807) is 18.3 Å². The van der Waals surface area contributed by atoms with Crippen LogP contribution in [0.3, 0.4) is 0 Å². The van der Waals surface area contributed by atoms with Crippen LogP contribution in [0.1, 0.15) is 30.8 Å². The zero-order valence-electron chi connectivity index (χ0n) is 14.8. The summed E-state index contributed by atoms with van der Waals surface area (Å²) in [6.45, 7) is 3.92. The molecule has 3 N–H and O–H groups in total. The van der Waals surface area contributed by atoms with Crippen molar-refractivity contribution in [2.75, 3.05) is 12.4 Å². The molecule has 0 saturated carbocycles. The maximum absolute atomic E-state index is 12.3. The number of nitrogens with zero attached hydrogens (tertiary/aromatic N) is 1. The molecule has 0 fully saturated rings. The summed E-state index contributed by atoms with van der Waals surface area (Å²) in [6, 6.07) is 3.24. The van der Waals surface area contributed by atoms with Gasteiger partial charge in [0, 0.05) is 29.5 Å². The molecule has 0 aliphatic heterocycles. The van der Waals surface area contributed by atoms with E-state index in [2.05, 4.69) is 15.3 Å². The van der Waals surface area contributed by atoms with Crippen molar-refractivity contribution in [3.05, 3.63) is 41.7 Å². The minimum absolute atomic E-state index is 0.139. The molecular formula is C19H20N4O3. The van der Waals surface area contributed by atoms with Crippen LogP contribution in [-0.4, -0.2) is 28.8 Å². The van der Waals surface area contributed by atoms with Crippen LogP contribution in [0.15, 0.2) is 30.7 Å². The van der Waals surface area contributed by atoms with Crippen LogP contribution in [0.2, 0.25) is 0 Å². The number of hydrogen-bond donors (Lipinski definition) is 3. The highest BCUT2D eigenvalue weighted by Crippen LogP contribution is 2.29. The Morgan fingerprint density at radius 3 is 2.85 bits per heavy atom. The molecule has 1 amide bonds. The summed E-state index contributed by atoms with van der Waals surface area (Å²) >= 11 is 0. The topological polar surface area (TPSA) is 108 Å². The first kappa shape index (κ1) is 17.6. The van der Waals surface area contributed by atoms with Crippen LogP contribution in [0, 0.1) is 11.3 Å². The SMILES string of the molecule is CO/C=C/C(=O)c1cc2cnc3c(=N)cc(NC(=O)CC(C)C)c([nH]1)c23. The van der Waals surface area contributed by atoms with Crippen molar-refractivity contribution in [1.29, 1.82) is 5.41 Å². The first-order chi connectivity index (χ1) is 12.4. The van der Waals surface area contributed by atoms with E-state index in [1.807, 2.05) is 13.8 Å². The van der Waals surface area contributed by atoms with Gasteiger partial charge >= 0.3 is 0 Å². The van der Waals surface area contributed by atoms with Gasteiger partial charge in [0.15, 0.2) is 0 Å². The van der Waals surface area contributed by atoms with E-state index >= 15 is 0 Å². The van der Waals surface area contributed by atoms with Gasteiger partial charge in [0.05, 0.1) is 41.1 Å². The van der Waals surface area contributed by atoms with Gasteiger partial charge in [0.2, 0.25) is 11.7 Å². The minimum atomic E-state index is -0.263. The lowest BCUT2D eigenvalue weighted by Crippen LogP contribution is -2.16. The standard InChI is InChI=1S/C19H20N4O3/c1-10(2)6-16(25)22-14-8-12(20)18-17-11(9-21-18)7-13(23-19(14)17)15(24)4-5-26-3/h4-5,7-10,20,23H,6H2,1-3H3,(H,22,25)/b5-4+,20-12?. The average molecular weight is 352 g/mol. The smallest absolute Gasteiger partial charge is 0.224 e. The van der Waals surface area contributed by atoms with Gasteiger partial charge in [-0.3, -0.25) is 20.0 Å². The molecule has 26 heavy (non-hydrogen) atoms. The van der Waals surface area contributed by atoms with Crippen LogP contribution >= 0.6 is 0 Å². The fraction of sp³-hybridized carbons (Fsp3) is 0.263. The number of ether oxygens (including phenoxy) is 1. The summed E-state index contributed by atoms with van der Waals surface area (Å²) in [5.41, 5.74) is 1.92. The zero-order chi connectivity index (χ0) is 18.8. The highest BCUT2D eigenvalue weighted by atomic mass is 16.5. The van der Waals surface area contributed by atoms with E-state index in [-0.39, 0.29) is 23.0 Å². The number of carbonyl (C=O) groups excluding carboxylic acids is 2. The van der Waals surface area contributed by atoms with Gasteiger partial charge in [0.1, 0.15) is 0 Å². The Bertz CT molecular complexity index is 1070. The third-order valence-electron chi connectivity index (χ3n) is 3.97. The number of benzene rings is 1. The van der Waals surface area contributed by atoms with Crippen molar-refractivity contribution < 1.29 is 14.3 Å². The van der Waals surface area contributed by atoms with Gasteiger partial charge in [-0.1, -0.05) is 13.8 Å². The van der Waals surface area contributed by atoms with E-state index in [9.17, 15) is 9.59 Å². The number of aromatic amines is 1. The second-order valence-corrected chi connectivity index (χ2v) is 6.52. The van der Waals surface area contributed by atoms with Crippen molar-refractivity contribution in [3.63, 3.8) is 0 Å². The minimum Gasteiger partial charge on any atom is -0.504 e. The van der Waals surface area contributed by atoms with Crippen molar-refractivity contribution in [1.82, 2.24) is 9.97 Å². The second kappa shape index (κ2) is 6.95. The maximum Gasteiger partial charge on any atom is 0.224 e. The van der Waals surface area contributed by atoms with E-state index in [0.717, 1.165) is 10.8 Å². The monoisotopic (exact) mass is 352 g/mol. The molecule has 2 aromatic heterocycles. The third-order valence-corrected chi connectivity index (χ3v) is 3.97. The van der Waals surface area contributed by atoms with E-state index in [1.165, 1.54) is 19.4 Å². The number of ketones is 1. The van der Waals surface area contributed by atoms with Crippen LogP contribution in [0.4, 0.5) is 5.69 Å². The van der Waals surface area contributed by atoms with Gasteiger partial charge < -0.3 is 15.0 Å². The first-order valence-electron chi connectivity index (χ1n) is 8.27. The molecule has 0 spiro atoms. The number of amides is 1. The number of pyridine rings is 1. The van der Waals surface area contributed by atoms with Crippen LogP contribution in [-0.2, 0) is 9.53 Å². The third kappa shape index (κ3) is 3.28. The molecule has 1 aromatic carbocycles. The van der Waals surface area contributed by atoms with E-state index in [4.69, 9.17) is 10.1 Å². The Morgan fingerprint density at radius 2 is 2.15 bits per heavy atom. The number of rotatable bonds is 6. The number of anilines is 1. The Hall–Kier alpha value is -3.22. The van der Waals surface area contributed by atoms with Crippen LogP contribution in [0.5, 0.6) is 0 Å². The van der Waals surface area contributed by atoms with Crippen molar-refractivity contribution >= 4 is 39.2 Å². The normalized spacial score (nSPS) is 11.7. The molecule has 0 aliphatic carbocycles. The van der Waals surface area contributed by atoms with E-state index < -0.39 is 0 Å². The molecular weight excluding hydrogens is 332 g/mol. The molecule has 7 nitrogen and oxygen atoms in total. The summed E-state index contributed by atoms with van der Waals surface area (Å²) in [5, 5.41) is 12.7. The fourth-order valence-corrected chi connectivity index (χ4v) is 2.87. The number of methoxy groups -OCH3 is 1. The number of H-pyrrole nitrogens is 1. The second-order valence-electron chi connectivity index (χ2n) is 6.52. The molecule has 3 rings (SSSR count). The van der Waals surface area contributed by atoms with Crippen LogP contribution in [0.25, 0.3) is 21.8 Å². The summed E-state index contributed by atoms with van der Waals surface area (Å²) in [5.74, 6) is -0.188. The number of nitrogens with one attached hydrogen (secondary N) is 3. The Kier molecular flexibility index (Phi) is 4.71. The predicted octanol–water partition coefficient (Wildman–Crippen LogP) is 2.96. The molecule has 0 unspecified atom stereocenters. The van der Waals surface area contributed by atoms with E-state index in [0.29, 0.717) is 28.8 Å². The Balaban J connectivity index is 2.16. The van der Waals surface area contributed by atoms with Crippen molar-refractivity contribution in [3.8, 4) is 0 Å². The van der Waals surface area contributed by atoms with Gasteiger partial charge in [-0.15, -0.1) is 0 Å². The van der Waals surface area contributed by atoms with Gasteiger partial charge in [-0.05, 0) is 18.1 Å². The summed E-state index contributed by atoms with van der Waals surface area (Å²) < 4.78 is 4.79. The number of allylic oxidation sites excluding steroid dienone is 1. The van der Waals surface area contributed by atoms with Gasteiger partial charge in [-0.2, -0.15) is 0 Å². The van der Waals surface area contributed by atoms with Gasteiger partial charge in [0.25, 0.3) is 0 Å². The largest absolute Gasteiger partial charge is 0.504 e. The first-order valence-corrected chi connectivity index (χ1v) is 8.27. The Labute approximate surface area is 149 Å². The molecule has 0 saturated heterocycles. The fourth-order valence-electron chi connectivity index (χ4n) is 2.87. The highest BCUT2D eigenvalue weighted by molar-refractivity contribution is 6.16. The molecule has 0 atom stereocenters. The summed E-state index contributed by atoms with van der Waals surface area (Å²) in [6.07, 6.45) is 4.61. The summed E-state index contributed by atoms with van der Waals surface area (Å²) in [4.78, 5) is 31.9. The number of aromatic nitrogens is 2. The lowest BCUT2D eigenvalue weighted by molar-refractivity contribution is -0.116. The molecule has 134 valence electrons. The van der Waals surface area contributed by atoms with Crippen molar-refractivity contribution in [2.45, 2.75) is 20.3 Å². The number of carbonyl (C=O) groups is 2. The summed E-state index contributed by atoms with van der Waals surface area (Å²) in [7, 11) is 1.46. The molecule has 0 aliphatic rings.